The molecule has 118 valence electrons. The van der Waals surface area contributed by atoms with Gasteiger partial charge in [0.2, 0.25) is 11.8 Å². The molecule has 8 nitrogen and oxygen atoms in total. The SMILES string of the molecule is Cl.O=C(O)CN1C(=O)CC[C@H](NC(=O)[C@@H]2CCCN2)C1=O. The van der Waals surface area contributed by atoms with Gasteiger partial charge in [0.25, 0.3) is 5.91 Å². The molecule has 2 heterocycles. The number of carbonyl (C=O) groups is 4. The number of nitrogens with one attached hydrogen (secondary N) is 2. The van der Waals surface area contributed by atoms with Gasteiger partial charge in [-0.1, -0.05) is 0 Å². The van der Waals surface area contributed by atoms with Gasteiger partial charge in [-0.05, 0) is 25.8 Å². The summed E-state index contributed by atoms with van der Waals surface area (Å²) in [5, 5.41) is 14.3. The minimum Gasteiger partial charge on any atom is -0.480 e. The Labute approximate surface area is 127 Å². The van der Waals surface area contributed by atoms with Gasteiger partial charge >= 0.3 is 5.97 Å². The Balaban J connectivity index is 0.00000220. The summed E-state index contributed by atoms with van der Waals surface area (Å²) in [4.78, 5) is 46.8. The predicted molar refractivity (Wildman–Crippen MR) is 73.8 cm³/mol. The Morgan fingerprint density at radius 1 is 1.33 bits per heavy atom. The summed E-state index contributed by atoms with van der Waals surface area (Å²) in [7, 11) is 0. The van der Waals surface area contributed by atoms with Crippen LogP contribution in [0, 0.1) is 0 Å². The van der Waals surface area contributed by atoms with Crippen LogP contribution in [0.3, 0.4) is 0 Å². The molecule has 9 heteroatoms. The molecule has 0 aromatic carbocycles. The Morgan fingerprint density at radius 3 is 2.62 bits per heavy atom. The molecule has 0 spiro atoms. The first-order valence-corrected chi connectivity index (χ1v) is 6.59. The van der Waals surface area contributed by atoms with Gasteiger partial charge in [-0.2, -0.15) is 0 Å². The fourth-order valence-electron chi connectivity index (χ4n) is 2.45. The van der Waals surface area contributed by atoms with Crippen molar-refractivity contribution in [3.8, 4) is 0 Å². The maximum Gasteiger partial charge on any atom is 0.323 e. The topological polar surface area (TPSA) is 116 Å². The number of carboxylic acid groups (broad SMARTS) is 1. The molecule has 2 atom stereocenters. The van der Waals surface area contributed by atoms with Gasteiger partial charge in [-0.25, -0.2) is 0 Å². The first-order valence-electron chi connectivity index (χ1n) is 6.59. The second-order valence-corrected chi connectivity index (χ2v) is 4.96. The average Bonchev–Trinajstić information content (AvgIpc) is 2.91. The van der Waals surface area contributed by atoms with Crippen molar-refractivity contribution in [2.24, 2.45) is 0 Å². The van der Waals surface area contributed by atoms with E-state index in [0.717, 1.165) is 13.0 Å². The molecule has 0 aromatic rings. The van der Waals surface area contributed by atoms with E-state index in [1.807, 2.05) is 0 Å². The summed E-state index contributed by atoms with van der Waals surface area (Å²) >= 11 is 0. The van der Waals surface area contributed by atoms with Crippen LogP contribution in [0.5, 0.6) is 0 Å². The van der Waals surface area contributed by atoms with E-state index in [1.54, 1.807) is 0 Å². The van der Waals surface area contributed by atoms with E-state index in [4.69, 9.17) is 5.11 Å². The van der Waals surface area contributed by atoms with E-state index in [0.29, 0.717) is 11.3 Å². The van der Waals surface area contributed by atoms with Crippen molar-refractivity contribution in [1.82, 2.24) is 15.5 Å². The predicted octanol–water partition coefficient (Wildman–Crippen LogP) is -1.12. The van der Waals surface area contributed by atoms with E-state index in [-0.39, 0.29) is 37.2 Å². The highest BCUT2D eigenvalue weighted by atomic mass is 35.5. The van der Waals surface area contributed by atoms with Gasteiger partial charge in [0, 0.05) is 6.42 Å². The van der Waals surface area contributed by atoms with Crippen LogP contribution >= 0.6 is 12.4 Å². The van der Waals surface area contributed by atoms with Crippen molar-refractivity contribution in [3.05, 3.63) is 0 Å². The Morgan fingerprint density at radius 2 is 2.05 bits per heavy atom. The molecule has 0 saturated carbocycles. The molecule has 3 amide bonds. The third-order valence-corrected chi connectivity index (χ3v) is 3.50. The smallest absolute Gasteiger partial charge is 0.323 e. The number of imide groups is 1. The molecule has 2 saturated heterocycles. The van der Waals surface area contributed by atoms with Crippen molar-refractivity contribution in [1.29, 1.82) is 0 Å². The van der Waals surface area contributed by atoms with Gasteiger partial charge in [0.15, 0.2) is 0 Å². The molecule has 2 aliphatic heterocycles. The lowest BCUT2D eigenvalue weighted by molar-refractivity contribution is -0.156. The Kier molecular flexibility index (Phi) is 6.10. The molecule has 2 aliphatic rings. The normalized spacial score (nSPS) is 25.4. The number of halogens is 1. The summed E-state index contributed by atoms with van der Waals surface area (Å²) in [6, 6.07) is -1.13. The lowest BCUT2D eigenvalue weighted by Crippen LogP contribution is -2.57. The van der Waals surface area contributed by atoms with Gasteiger partial charge < -0.3 is 15.7 Å². The van der Waals surface area contributed by atoms with E-state index in [9.17, 15) is 19.2 Å². The maximum atomic E-state index is 12.0. The third kappa shape index (κ3) is 4.15. The van der Waals surface area contributed by atoms with Crippen LogP contribution in [0.2, 0.25) is 0 Å². The third-order valence-electron chi connectivity index (χ3n) is 3.50. The zero-order chi connectivity index (χ0) is 14.7. The molecular formula is C12H18ClN3O5. The number of aliphatic carboxylic acids is 1. The first kappa shape index (κ1) is 17.4. The van der Waals surface area contributed by atoms with Crippen LogP contribution in [0.1, 0.15) is 25.7 Å². The molecule has 2 rings (SSSR count). The standard InChI is InChI=1S/C12H17N3O5.ClH/c16-9-4-3-8(12(20)15(9)6-10(17)18)14-11(19)7-2-1-5-13-7;/h7-8,13H,1-6H2,(H,14,19)(H,17,18);1H/t7-,8-;/m0./s1. The van der Waals surface area contributed by atoms with Crippen molar-refractivity contribution in [2.45, 2.75) is 37.8 Å². The molecule has 2 fully saturated rings. The highest BCUT2D eigenvalue weighted by Gasteiger charge is 2.37. The van der Waals surface area contributed by atoms with E-state index >= 15 is 0 Å². The molecular weight excluding hydrogens is 302 g/mol. The lowest BCUT2D eigenvalue weighted by Gasteiger charge is -2.30. The van der Waals surface area contributed by atoms with Gasteiger partial charge in [-0.3, -0.25) is 24.1 Å². The summed E-state index contributed by atoms with van der Waals surface area (Å²) < 4.78 is 0. The fraction of sp³-hybridized carbons (Fsp3) is 0.667. The summed E-state index contributed by atoms with van der Waals surface area (Å²) in [6.45, 7) is 0.103. The lowest BCUT2D eigenvalue weighted by atomic mass is 10.0. The van der Waals surface area contributed by atoms with Crippen LogP contribution in [-0.4, -0.2) is 58.9 Å². The number of hydrogen-bond acceptors (Lipinski definition) is 5. The van der Waals surface area contributed by atoms with Gasteiger partial charge in [0.05, 0.1) is 6.04 Å². The highest BCUT2D eigenvalue weighted by molar-refractivity contribution is 6.03. The van der Waals surface area contributed by atoms with Crippen LogP contribution in [0.15, 0.2) is 0 Å². The number of nitrogens with zero attached hydrogens (tertiary/aromatic N) is 1. The van der Waals surface area contributed by atoms with Crippen LogP contribution < -0.4 is 10.6 Å². The Hall–Kier alpha value is -1.67. The van der Waals surface area contributed by atoms with Crippen molar-refractivity contribution in [3.63, 3.8) is 0 Å². The molecule has 3 N–H and O–H groups in total. The fourth-order valence-corrected chi connectivity index (χ4v) is 2.45. The number of amides is 3. The van der Waals surface area contributed by atoms with Crippen LogP contribution in [0.25, 0.3) is 0 Å². The zero-order valence-corrected chi connectivity index (χ0v) is 12.1. The van der Waals surface area contributed by atoms with Crippen LogP contribution in [-0.2, 0) is 19.2 Å². The van der Waals surface area contributed by atoms with E-state index in [2.05, 4.69) is 10.6 Å². The molecule has 0 unspecified atom stereocenters. The second-order valence-electron chi connectivity index (χ2n) is 4.96. The van der Waals surface area contributed by atoms with Crippen LogP contribution in [0.4, 0.5) is 0 Å². The molecule has 0 aliphatic carbocycles. The Bertz CT molecular complexity index is 450. The minimum absolute atomic E-state index is 0. The van der Waals surface area contributed by atoms with E-state index in [1.165, 1.54) is 0 Å². The monoisotopic (exact) mass is 319 g/mol. The number of hydrogen-bond donors (Lipinski definition) is 3. The zero-order valence-electron chi connectivity index (χ0n) is 11.3. The first-order chi connectivity index (χ1) is 9.49. The number of piperidine rings is 1. The number of likely N-dealkylation sites (tertiary alicyclic amines) is 1. The number of carboxylic acids is 1. The molecule has 0 radical (unpaired) electrons. The minimum atomic E-state index is -1.25. The number of rotatable bonds is 4. The number of carbonyl (C=O) groups excluding carboxylic acids is 3. The highest BCUT2D eigenvalue weighted by Crippen LogP contribution is 2.14. The average molecular weight is 320 g/mol. The van der Waals surface area contributed by atoms with Crippen molar-refractivity contribution in [2.75, 3.05) is 13.1 Å². The largest absolute Gasteiger partial charge is 0.480 e. The molecule has 0 aromatic heterocycles. The second kappa shape index (κ2) is 7.37. The quantitative estimate of drug-likeness (QED) is 0.565. The van der Waals surface area contributed by atoms with Gasteiger partial charge in [-0.15, -0.1) is 12.4 Å². The summed E-state index contributed by atoms with van der Waals surface area (Å²) in [5.41, 5.74) is 0. The molecule has 21 heavy (non-hydrogen) atoms. The molecule has 0 bridgehead atoms. The van der Waals surface area contributed by atoms with E-state index < -0.39 is 30.4 Å². The summed E-state index contributed by atoms with van der Waals surface area (Å²) in [5.74, 6) is -2.68. The van der Waals surface area contributed by atoms with Crippen molar-refractivity contribution < 1.29 is 24.3 Å². The van der Waals surface area contributed by atoms with Gasteiger partial charge in [0.1, 0.15) is 12.6 Å². The summed E-state index contributed by atoms with van der Waals surface area (Å²) in [6.07, 6.45) is 1.89. The van der Waals surface area contributed by atoms with Crippen molar-refractivity contribution >= 4 is 36.1 Å². The maximum absolute atomic E-state index is 12.0.